The van der Waals surface area contributed by atoms with E-state index in [0.29, 0.717) is 36.7 Å². The second-order valence-electron chi connectivity index (χ2n) is 7.75. The van der Waals surface area contributed by atoms with Crippen LogP contribution in [0.4, 0.5) is 10.5 Å². The molecule has 1 fully saturated rings. The minimum atomic E-state index is -0.516. The highest BCUT2D eigenvalue weighted by molar-refractivity contribution is 5.78. The smallest absolute Gasteiger partial charge is 0.410 e. The molecule has 1 aliphatic rings. The van der Waals surface area contributed by atoms with Gasteiger partial charge < -0.3 is 19.4 Å². The molecule has 9 heteroatoms. The number of non-ortho nitro benzene ring substituents is 1. The predicted molar refractivity (Wildman–Crippen MR) is 98.8 cm³/mol. The van der Waals surface area contributed by atoms with Crippen molar-refractivity contribution in [3.05, 3.63) is 28.3 Å². The molecule has 0 radical (unpaired) electrons. The fourth-order valence-electron chi connectivity index (χ4n) is 3.05. The number of carbonyl (C=O) groups is 1. The first-order chi connectivity index (χ1) is 12.7. The fourth-order valence-corrected chi connectivity index (χ4v) is 3.05. The average molecular weight is 376 g/mol. The minimum absolute atomic E-state index is 0.00187. The Morgan fingerprint density at radius 2 is 2.22 bits per heavy atom. The average Bonchev–Trinajstić information content (AvgIpc) is 3.00. The van der Waals surface area contributed by atoms with Crippen LogP contribution in [0.3, 0.4) is 0 Å². The largest absolute Gasteiger partial charge is 0.464 e. The van der Waals surface area contributed by atoms with Gasteiger partial charge in [0.1, 0.15) is 5.60 Å². The molecule has 0 aliphatic carbocycles. The monoisotopic (exact) mass is 376 g/mol. The fraction of sp³-hybridized carbons (Fsp3) is 0.556. The molecule has 1 aliphatic heterocycles. The molecule has 27 heavy (non-hydrogen) atoms. The van der Waals surface area contributed by atoms with Crippen LogP contribution in [-0.2, 0) is 4.74 Å². The van der Waals surface area contributed by atoms with Crippen LogP contribution in [0, 0.1) is 16.0 Å². The van der Waals surface area contributed by atoms with E-state index in [2.05, 4.69) is 9.97 Å². The summed E-state index contributed by atoms with van der Waals surface area (Å²) in [6, 6.07) is 4.74. The Hall–Kier alpha value is -2.84. The number of aromatic amines is 1. The number of likely N-dealkylation sites (tertiary alicyclic amines) is 1. The van der Waals surface area contributed by atoms with Gasteiger partial charge in [-0.15, -0.1) is 0 Å². The van der Waals surface area contributed by atoms with Gasteiger partial charge in [-0.3, -0.25) is 10.1 Å². The van der Waals surface area contributed by atoms with Crippen LogP contribution in [0.25, 0.3) is 11.0 Å². The third-order valence-corrected chi connectivity index (χ3v) is 4.28. The molecule has 2 heterocycles. The minimum Gasteiger partial charge on any atom is -0.464 e. The number of rotatable bonds is 4. The zero-order valence-electron chi connectivity index (χ0n) is 15.7. The Balaban J connectivity index is 1.58. The van der Waals surface area contributed by atoms with Gasteiger partial charge in [0.15, 0.2) is 0 Å². The summed E-state index contributed by atoms with van der Waals surface area (Å²) < 4.78 is 11.2. The van der Waals surface area contributed by atoms with Gasteiger partial charge in [0.2, 0.25) is 0 Å². The normalized spacial score (nSPS) is 17.7. The van der Waals surface area contributed by atoms with Gasteiger partial charge in [0, 0.05) is 31.1 Å². The molecule has 0 saturated carbocycles. The number of hydrogen-bond acceptors (Lipinski definition) is 6. The first-order valence-corrected chi connectivity index (χ1v) is 8.96. The van der Waals surface area contributed by atoms with Crippen LogP contribution in [0.5, 0.6) is 6.01 Å². The van der Waals surface area contributed by atoms with Crippen molar-refractivity contribution in [1.29, 1.82) is 0 Å². The first kappa shape index (κ1) is 18.9. The lowest BCUT2D eigenvalue weighted by Gasteiger charge is -2.33. The third kappa shape index (κ3) is 4.87. The second-order valence-corrected chi connectivity index (χ2v) is 7.75. The van der Waals surface area contributed by atoms with Crippen molar-refractivity contribution in [2.45, 2.75) is 39.2 Å². The van der Waals surface area contributed by atoms with E-state index in [4.69, 9.17) is 9.47 Å². The topological polar surface area (TPSA) is 111 Å². The number of aromatic nitrogens is 2. The SMILES string of the molecule is CC(C)(C)OC(=O)N1CCC[C@H](COc2nc3ccc([N+](=O)[O-])cc3[nH]2)C1. The van der Waals surface area contributed by atoms with Gasteiger partial charge in [-0.05, 0) is 39.7 Å². The Kier molecular flexibility index (Phi) is 5.20. The van der Waals surface area contributed by atoms with Crippen molar-refractivity contribution in [3.8, 4) is 6.01 Å². The zero-order chi connectivity index (χ0) is 19.6. The lowest BCUT2D eigenvalue weighted by Crippen LogP contribution is -2.44. The molecule has 0 spiro atoms. The maximum absolute atomic E-state index is 12.2. The number of hydrogen-bond donors (Lipinski definition) is 1. The number of nitrogens with zero attached hydrogens (tertiary/aromatic N) is 3. The first-order valence-electron chi connectivity index (χ1n) is 8.96. The number of benzene rings is 1. The number of fused-ring (bicyclic) bond motifs is 1. The highest BCUT2D eigenvalue weighted by atomic mass is 16.6. The van der Waals surface area contributed by atoms with Crippen molar-refractivity contribution >= 4 is 22.8 Å². The van der Waals surface area contributed by atoms with Crippen molar-refractivity contribution in [1.82, 2.24) is 14.9 Å². The summed E-state index contributed by atoms with van der Waals surface area (Å²) in [6.07, 6.45) is 1.54. The molecule has 1 aromatic heterocycles. The number of nitrogens with one attached hydrogen (secondary N) is 1. The Labute approximate surface area is 156 Å². The molecule has 146 valence electrons. The lowest BCUT2D eigenvalue weighted by molar-refractivity contribution is -0.384. The highest BCUT2D eigenvalue weighted by Crippen LogP contribution is 2.23. The summed E-state index contributed by atoms with van der Waals surface area (Å²) in [6.45, 7) is 7.20. The van der Waals surface area contributed by atoms with E-state index in [1.165, 1.54) is 12.1 Å². The molecule has 1 amide bonds. The molecule has 2 aromatic rings. The van der Waals surface area contributed by atoms with Crippen molar-refractivity contribution in [2.75, 3.05) is 19.7 Å². The van der Waals surface area contributed by atoms with Crippen molar-refractivity contribution in [2.24, 2.45) is 5.92 Å². The van der Waals surface area contributed by atoms with Crippen LogP contribution in [-0.4, -0.2) is 51.2 Å². The molecule has 0 bridgehead atoms. The number of nitro groups is 1. The Bertz CT molecular complexity index is 842. The van der Waals surface area contributed by atoms with E-state index in [-0.39, 0.29) is 17.7 Å². The zero-order valence-corrected chi connectivity index (χ0v) is 15.7. The summed E-state index contributed by atoms with van der Waals surface area (Å²) in [7, 11) is 0. The number of piperidine rings is 1. The van der Waals surface area contributed by atoms with E-state index in [9.17, 15) is 14.9 Å². The number of ether oxygens (including phenoxy) is 2. The molecule has 1 N–H and O–H groups in total. The quantitative estimate of drug-likeness (QED) is 0.646. The molecular formula is C18H24N4O5. The summed E-state index contributed by atoms with van der Waals surface area (Å²) in [5.41, 5.74) is 0.642. The molecular weight excluding hydrogens is 352 g/mol. The number of H-pyrrole nitrogens is 1. The summed E-state index contributed by atoms with van der Waals surface area (Å²) in [4.78, 5) is 31.6. The second kappa shape index (κ2) is 7.42. The predicted octanol–water partition coefficient (Wildman–Crippen LogP) is 3.50. The van der Waals surface area contributed by atoms with Gasteiger partial charge in [-0.2, -0.15) is 4.98 Å². The number of imidazole rings is 1. The van der Waals surface area contributed by atoms with Gasteiger partial charge >= 0.3 is 6.09 Å². The highest BCUT2D eigenvalue weighted by Gasteiger charge is 2.28. The number of carbonyl (C=O) groups excluding carboxylic acids is 1. The van der Waals surface area contributed by atoms with Crippen molar-refractivity contribution in [3.63, 3.8) is 0 Å². The third-order valence-electron chi connectivity index (χ3n) is 4.28. The lowest BCUT2D eigenvalue weighted by atomic mass is 9.99. The molecule has 1 saturated heterocycles. The molecule has 1 atom stereocenters. The number of nitro benzene ring substituents is 1. The van der Waals surface area contributed by atoms with Crippen molar-refractivity contribution < 1.29 is 19.2 Å². The maximum atomic E-state index is 12.2. The van der Waals surface area contributed by atoms with Gasteiger partial charge in [-0.25, -0.2) is 4.79 Å². The number of amides is 1. The van der Waals surface area contributed by atoms with Gasteiger partial charge in [0.05, 0.1) is 22.6 Å². The van der Waals surface area contributed by atoms with Crippen LogP contribution in [0.1, 0.15) is 33.6 Å². The summed E-state index contributed by atoms with van der Waals surface area (Å²) in [5, 5.41) is 10.9. The standard InChI is InChI=1S/C18H24N4O5/c1-18(2,3)27-17(23)21-8-4-5-12(10-21)11-26-16-19-14-7-6-13(22(24)25)9-15(14)20-16/h6-7,9,12H,4-5,8,10-11H2,1-3H3,(H,19,20)/t12-/m0/s1. The van der Waals surface area contributed by atoms with Gasteiger partial charge in [0.25, 0.3) is 11.7 Å². The van der Waals surface area contributed by atoms with Crippen LogP contribution < -0.4 is 4.74 Å². The van der Waals surface area contributed by atoms with E-state index >= 15 is 0 Å². The van der Waals surface area contributed by atoms with Crippen LogP contribution in [0.2, 0.25) is 0 Å². The van der Waals surface area contributed by atoms with Crippen LogP contribution >= 0.6 is 0 Å². The maximum Gasteiger partial charge on any atom is 0.410 e. The van der Waals surface area contributed by atoms with Crippen LogP contribution in [0.15, 0.2) is 18.2 Å². The van der Waals surface area contributed by atoms with E-state index in [0.717, 1.165) is 12.8 Å². The summed E-state index contributed by atoms with van der Waals surface area (Å²) >= 11 is 0. The Morgan fingerprint density at radius 1 is 1.44 bits per heavy atom. The van der Waals surface area contributed by atoms with E-state index in [1.807, 2.05) is 20.8 Å². The summed E-state index contributed by atoms with van der Waals surface area (Å²) in [5.74, 6) is 0.175. The molecule has 3 rings (SSSR count). The molecule has 0 unspecified atom stereocenters. The van der Waals surface area contributed by atoms with E-state index < -0.39 is 10.5 Å². The molecule has 9 nitrogen and oxygen atoms in total. The molecule has 1 aromatic carbocycles. The Morgan fingerprint density at radius 3 is 2.93 bits per heavy atom. The van der Waals surface area contributed by atoms with Gasteiger partial charge in [-0.1, -0.05) is 0 Å². The van der Waals surface area contributed by atoms with E-state index in [1.54, 1.807) is 11.0 Å².